The van der Waals surface area contributed by atoms with Gasteiger partial charge in [0.05, 0.1) is 0 Å². The number of nitrogens with zero attached hydrogens (tertiary/aromatic N) is 3. The average molecular weight is 653 g/mol. The Hall–Kier alpha value is -3.18. The van der Waals surface area contributed by atoms with Crippen LogP contribution in [0.4, 0.5) is 5.69 Å². The van der Waals surface area contributed by atoms with Gasteiger partial charge in [-0.25, -0.2) is 9.97 Å². The Morgan fingerprint density at radius 2 is 1.75 bits per heavy atom. The van der Waals surface area contributed by atoms with Gasteiger partial charge in [0, 0.05) is 70.8 Å². The topological polar surface area (TPSA) is 122 Å². The zero-order chi connectivity index (χ0) is 28.6. The van der Waals surface area contributed by atoms with Crippen LogP contribution in [0.15, 0.2) is 59.7 Å². The third kappa shape index (κ3) is 7.72. The molecule has 1 heterocycles. The average Bonchev–Trinajstić information content (AvgIpc) is 2.97. The molecule has 4 N–H and O–H groups in total. The molecule has 0 spiro atoms. The van der Waals surface area contributed by atoms with E-state index in [2.05, 4.69) is 48.2 Å². The number of benzene rings is 2. The SMILES string of the molecule is CN=C(C)c1ccc(NC(=O)[C@H](Cc2ccc(-c3cnc(I)nc3C)cc2)NC(=O)C2CCC(CN)CC2)cc1. The van der Waals surface area contributed by atoms with Crippen LogP contribution in [-0.4, -0.2) is 47.1 Å². The Labute approximate surface area is 249 Å². The molecule has 0 saturated heterocycles. The number of amides is 2. The van der Waals surface area contributed by atoms with E-state index in [0.717, 1.165) is 59.3 Å². The van der Waals surface area contributed by atoms with Crippen molar-refractivity contribution in [3.8, 4) is 11.1 Å². The maximum atomic E-state index is 13.5. The summed E-state index contributed by atoms with van der Waals surface area (Å²) in [5.41, 5.74) is 12.2. The van der Waals surface area contributed by atoms with E-state index in [9.17, 15) is 9.59 Å². The van der Waals surface area contributed by atoms with E-state index in [1.807, 2.05) is 68.6 Å². The molecule has 0 aliphatic heterocycles. The monoisotopic (exact) mass is 652 g/mol. The van der Waals surface area contributed by atoms with Crippen molar-refractivity contribution in [1.29, 1.82) is 0 Å². The Balaban J connectivity index is 1.50. The standard InChI is InChI=1S/C31H37IN6O2/c1-19(34-3)23-12-14-26(15-13-23)37-30(40)28(38-29(39)25-10-6-22(17-33)7-11-25)16-21-4-8-24(9-5-21)27-18-35-31(32)36-20(27)2/h4-5,8-9,12-15,18,22,25,28H,6-7,10-11,16-17,33H2,1-3H3,(H,37,40)(H,38,39)/t22?,25?,28-/m0/s1. The number of aliphatic imine (C=N–C) groups is 1. The summed E-state index contributed by atoms with van der Waals surface area (Å²) >= 11 is 2.10. The minimum absolute atomic E-state index is 0.0657. The molecule has 1 saturated carbocycles. The third-order valence-electron chi connectivity index (χ3n) is 7.74. The lowest BCUT2D eigenvalue weighted by Gasteiger charge is -2.28. The molecule has 1 aliphatic rings. The molecule has 1 aromatic heterocycles. The first-order valence-corrected chi connectivity index (χ1v) is 14.8. The largest absolute Gasteiger partial charge is 0.344 e. The second-order valence-corrected chi connectivity index (χ2v) is 11.4. The highest BCUT2D eigenvalue weighted by Crippen LogP contribution is 2.28. The number of rotatable bonds is 9. The van der Waals surface area contributed by atoms with Gasteiger partial charge in [-0.3, -0.25) is 14.6 Å². The first kappa shape index (κ1) is 29.8. The third-order valence-corrected chi connectivity index (χ3v) is 8.26. The molecule has 3 aromatic rings. The summed E-state index contributed by atoms with van der Waals surface area (Å²) in [6, 6.07) is 14.9. The molecule has 2 aromatic carbocycles. The van der Waals surface area contributed by atoms with E-state index in [-0.39, 0.29) is 17.7 Å². The van der Waals surface area contributed by atoms with Gasteiger partial charge in [0.25, 0.3) is 0 Å². The van der Waals surface area contributed by atoms with E-state index >= 15 is 0 Å². The van der Waals surface area contributed by atoms with Gasteiger partial charge in [-0.1, -0.05) is 36.4 Å². The molecule has 8 nitrogen and oxygen atoms in total. The molecule has 1 atom stereocenters. The summed E-state index contributed by atoms with van der Waals surface area (Å²) in [5.74, 6) is 0.0701. The van der Waals surface area contributed by atoms with Crippen LogP contribution in [0.2, 0.25) is 0 Å². The summed E-state index contributed by atoms with van der Waals surface area (Å²) < 4.78 is 0.708. The summed E-state index contributed by atoms with van der Waals surface area (Å²) in [6.45, 7) is 4.57. The number of hydrogen-bond acceptors (Lipinski definition) is 6. The van der Waals surface area contributed by atoms with Crippen molar-refractivity contribution in [1.82, 2.24) is 15.3 Å². The molecule has 0 bridgehead atoms. The number of nitrogens with one attached hydrogen (secondary N) is 2. The predicted octanol–water partition coefficient (Wildman–Crippen LogP) is 4.93. The van der Waals surface area contributed by atoms with Gasteiger partial charge in [-0.05, 0) is 80.8 Å². The van der Waals surface area contributed by atoms with Gasteiger partial charge < -0.3 is 16.4 Å². The molecule has 4 rings (SSSR count). The van der Waals surface area contributed by atoms with Crippen molar-refractivity contribution >= 4 is 45.8 Å². The van der Waals surface area contributed by atoms with Crippen LogP contribution in [0.3, 0.4) is 0 Å². The van der Waals surface area contributed by atoms with Crippen LogP contribution in [0.5, 0.6) is 0 Å². The van der Waals surface area contributed by atoms with E-state index in [1.54, 1.807) is 7.05 Å². The lowest BCUT2D eigenvalue weighted by molar-refractivity contribution is -0.130. The van der Waals surface area contributed by atoms with Crippen molar-refractivity contribution in [3.05, 3.63) is 75.4 Å². The lowest BCUT2D eigenvalue weighted by atomic mass is 9.81. The number of anilines is 1. The highest BCUT2D eigenvalue weighted by atomic mass is 127. The molecule has 2 amide bonds. The van der Waals surface area contributed by atoms with E-state index in [0.29, 0.717) is 28.4 Å². The van der Waals surface area contributed by atoms with Crippen molar-refractivity contribution in [2.24, 2.45) is 22.6 Å². The zero-order valence-corrected chi connectivity index (χ0v) is 25.4. The van der Waals surface area contributed by atoms with Gasteiger partial charge in [-0.2, -0.15) is 0 Å². The number of aryl methyl sites for hydroxylation is 1. The van der Waals surface area contributed by atoms with Crippen molar-refractivity contribution < 1.29 is 9.59 Å². The van der Waals surface area contributed by atoms with E-state index in [4.69, 9.17) is 5.73 Å². The van der Waals surface area contributed by atoms with Gasteiger partial charge >= 0.3 is 0 Å². The van der Waals surface area contributed by atoms with Crippen molar-refractivity contribution in [2.75, 3.05) is 18.9 Å². The molecular formula is C31H37IN6O2. The number of nitrogens with two attached hydrogens (primary N) is 1. The first-order valence-electron chi connectivity index (χ1n) is 13.7. The Morgan fingerprint density at radius 1 is 1.07 bits per heavy atom. The second kappa shape index (κ2) is 13.9. The molecule has 0 radical (unpaired) electrons. The minimum atomic E-state index is -0.715. The molecular weight excluding hydrogens is 615 g/mol. The summed E-state index contributed by atoms with van der Waals surface area (Å²) in [7, 11) is 1.75. The van der Waals surface area contributed by atoms with Gasteiger partial charge in [0.1, 0.15) is 6.04 Å². The molecule has 1 fully saturated rings. The van der Waals surface area contributed by atoms with Crippen LogP contribution >= 0.6 is 22.6 Å². The van der Waals surface area contributed by atoms with Crippen LogP contribution in [0.1, 0.15) is 49.4 Å². The predicted molar refractivity (Wildman–Crippen MR) is 168 cm³/mol. The summed E-state index contributed by atoms with van der Waals surface area (Å²) in [4.78, 5) is 39.7. The molecule has 40 heavy (non-hydrogen) atoms. The molecule has 1 aliphatic carbocycles. The Bertz CT molecular complexity index is 1350. The number of halogens is 1. The fourth-order valence-corrected chi connectivity index (χ4v) is 5.59. The van der Waals surface area contributed by atoms with Crippen LogP contribution in [0, 0.1) is 22.6 Å². The highest BCUT2D eigenvalue weighted by Gasteiger charge is 2.29. The maximum absolute atomic E-state index is 13.5. The molecule has 210 valence electrons. The number of hydrogen-bond donors (Lipinski definition) is 3. The quantitative estimate of drug-likeness (QED) is 0.172. The fourth-order valence-electron chi connectivity index (χ4n) is 5.09. The minimum Gasteiger partial charge on any atom is -0.344 e. The van der Waals surface area contributed by atoms with Crippen LogP contribution in [-0.2, 0) is 16.0 Å². The molecule has 9 heteroatoms. The van der Waals surface area contributed by atoms with Gasteiger partial charge in [-0.15, -0.1) is 0 Å². The number of aromatic nitrogens is 2. The van der Waals surface area contributed by atoms with Crippen molar-refractivity contribution in [2.45, 2.75) is 52.0 Å². The van der Waals surface area contributed by atoms with E-state index < -0.39 is 6.04 Å². The van der Waals surface area contributed by atoms with Crippen LogP contribution < -0.4 is 16.4 Å². The Morgan fingerprint density at radius 3 is 2.35 bits per heavy atom. The number of carbonyl (C=O) groups is 2. The normalized spacial score (nSPS) is 18.2. The second-order valence-electron chi connectivity index (χ2n) is 10.4. The van der Waals surface area contributed by atoms with E-state index in [1.165, 1.54) is 0 Å². The maximum Gasteiger partial charge on any atom is 0.247 e. The first-order chi connectivity index (χ1) is 19.3. The summed E-state index contributed by atoms with van der Waals surface area (Å²) in [5, 5.41) is 6.06. The smallest absolute Gasteiger partial charge is 0.247 e. The number of carbonyl (C=O) groups excluding carboxylic acids is 2. The zero-order valence-electron chi connectivity index (χ0n) is 23.3. The Kier molecular flexibility index (Phi) is 10.4. The van der Waals surface area contributed by atoms with Crippen molar-refractivity contribution in [3.63, 3.8) is 0 Å². The highest BCUT2D eigenvalue weighted by molar-refractivity contribution is 14.1. The van der Waals surface area contributed by atoms with Gasteiger partial charge in [0.2, 0.25) is 11.8 Å². The van der Waals surface area contributed by atoms with Gasteiger partial charge in [0.15, 0.2) is 3.83 Å². The fraction of sp³-hybridized carbons (Fsp3) is 0.387. The molecule has 0 unspecified atom stereocenters. The summed E-state index contributed by atoms with van der Waals surface area (Å²) in [6.07, 6.45) is 5.69. The lowest BCUT2D eigenvalue weighted by Crippen LogP contribution is -2.48. The van der Waals surface area contributed by atoms with Crippen LogP contribution in [0.25, 0.3) is 11.1 Å².